The van der Waals surface area contributed by atoms with Gasteiger partial charge in [-0.2, -0.15) is 0 Å². The molecular formula is C16H20N2O2. The van der Waals surface area contributed by atoms with Gasteiger partial charge < -0.3 is 10.5 Å². The van der Waals surface area contributed by atoms with Crippen LogP contribution in [0, 0.1) is 0 Å². The number of nitrogens with zero attached hydrogens (tertiary/aromatic N) is 1. The largest absolute Gasteiger partial charge is 0.443 e. The van der Waals surface area contributed by atoms with Crippen molar-refractivity contribution in [3.05, 3.63) is 36.0 Å². The first-order valence-corrected chi connectivity index (χ1v) is 6.93. The van der Waals surface area contributed by atoms with Gasteiger partial charge in [-0.15, -0.1) is 0 Å². The highest BCUT2D eigenvalue weighted by Crippen LogP contribution is 2.46. The van der Waals surface area contributed by atoms with E-state index in [1.165, 1.54) is 0 Å². The Morgan fingerprint density at radius 1 is 1.30 bits per heavy atom. The number of ether oxygens (including phenoxy) is 1. The van der Waals surface area contributed by atoms with Crippen molar-refractivity contribution in [3.8, 4) is 0 Å². The van der Waals surface area contributed by atoms with Gasteiger partial charge in [0.2, 0.25) is 0 Å². The molecule has 106 valence electrons. The Balaban J connectivity index is 2.10. The van der Waals surface area contributed by atoms with Crippen LogP contribution in [-0.4, -0.2) is 16.3 Å². The molecule has 2 aromatic rings. The molecule has 0 radical (unpaired) electrons. The summed E-state index contributed by atoms with van der Waals surface area (Å²) in [5.74, 6) is 0. The Kier molecular flexibility index (Phi) is 2.70. The second-order valence-corrected chi connectivity index (χ2v) is 6.57. The van der Waals surface area contributed by atoms with Crippen LogP contribution >= 0.6 is 0 Å². The highest BCUT2D eigenvalue weighted by Gasteiger charge is 2.42. The lowest BCUT2D eigenvalue weighted by Crippen LogP contribution is -2.27. The maximum atomic E-state index is 12.3. The van der Waals surface area contributed by atoms with Crippen LogP contribution in [0.5, 0.6) is 0 Å². The zero-order chi connectivity index (χ0) is 14.5. The number of aromatic nitrogens is 1. The SMILES string of the molecule is CC(C)(C)OC(=O)n1cc(C2(N)CC2)c2ccccc21. The topological polar surface area (TPSA) is 57.2 Å². The summed E-state index contributed by atoms with van der Waals surface area (Å²) in [6.07, 6.45) is 3.42. The summed E-state index contributed by atoms with van der Waals surface area (Å²) in [5, 5.41) is 1.04. The van der Waals surface area contributed by atoms with Gasteiger partial charge in [-0.1, -0.05) is 18.2 Å². The molecule has 1 aliphatic carbocycles. The fraction of sp³-hybridized carbons (Fsp3) is 0.438. The smallest absolute Gasteiger partial charge is 0.419 e. The Morgan fingerprint density at radius 3 is 2.55 bits per heavy atom. The molecule has 0 saturated heterocycles. The van der Waals surface area contributed by atoms with Crippen molar-refractivity contribution >= 4 is 17.0 Å². The molecule has 1 aromatic heterocycles. The Bertz CT molecular complexity index is 675. The lowest BCUT2D eigenvalue weighted by Gasteiger charge is -2.19. The molecule has 4 heteroatoms. The zero-order valence-corrected chi connectivity index (χ0v) is 12.1. The third kappa shape index (κ3) is 2.20. The van der Waals surface area contributed by atoms with Gasteiger partial charge in [0.25, 0.3) is 0 Å². The summed E-state index contributed by atoms with van der Waals surface area (Å²) >= 11 is 0. The Morgan fingerprint density at radius 2 is 1.95 bits per heavy atom. The second kappa shape index (κ2) is 4.09. The minimum atomic E-state index is -0.511. The minimum absolute atomic E-state index is 0.271. The summed E-state index contributed by atoms with van der Waals surface area (Å²) in [7, 11) is 0. The van der Waals surface area contributed by atoms with E-state index < -0.39 is 5.60 Å². The standard InChI is InChI=1S/C16H20N2O2/c1-15(2,3)20-14(19)18-10-12(16(17)8-9-16)11-6-4-5-7-13(11)18/h4-7,10H,8-9,17H2,1-3H3. The van der Waals surface area contributed by atoms with Crippen LogP contribution in [0.2, 0.25) is 0 Å². The van der Waals surface area contributed by atoms with Crippen molar-refractivity contribution in [2.45, 2.75) is 44.8 Å². The number of hydrogen-bond donors (Lipinski definition) is 1. The molecule has 1 heterocycles. The normalized spacial score (nSPS) is 17.2. The molecule has 0 atom stereocenters. The summed E-state index contributed by atoms with van der Waals surface area (Å²) in [4.78, 5) is 12.3. The number of rotatable bonds is 1. The average Bonchev–Trinajstić information content (AvgIpc) is 2.97. The maximum absolute atomic E-state index is 12.3. The van der Waals surface area contributed by atoms with E-state index >= 15 is 0 Å². The summed E-state index contributed by atoms with van der Waals surface area (Å²) in [5.41, 5.74) is 7.42. The van der Waals surface area contributed by atoms with Crippen LogP contribution in [0.15, 0.2) is 30.5 Å². The molecule has 3 rings (SSSR count). The van der Waals surface area contributed by atoms with E-state index in [-0.39, 0.29) is 11.6 Å². The van der Waals surface area contributed by atoms with Crippen LogP contribution in [0.25, 0.3) is 10.9 Å². The van der Waals surface area contributed by atoms with Gasteiger partial charge in [0.1, 0.15) is 5.60 Å². The van der Waals surface area contributed by atoms with Crippen molar-refractivity contribution in [2.24, 2.45) is 5.73 Å². The molecule has 0 unspecified atom stereocenters. The number of carbonyl (C=O) groups is 1. The molecule has 0 spiro atoms. The van der Waals surface area contributed by atoms with Crippen LogP contribution in [0.4, 0.5) is 4.79 Å². The zero-order valence-electron chi connectivity index (χ0n) is 12.1. The molecule has 1 aliphatic rings. The Hall–Kier alpha value is -1.81. The van der Waals surface area contributed by atoms with Crippen LogP contribution in [-0.2, 0) is 10.3 Å². The molecular weight excluding hydrogens is 252 g/mol. The van der Waals surface area contributed by atoms with E-state index in [2.05, 4.69) is 0 Å². The van der Waals surface area contributed by atoms with E-state index in [0.29, 0.717) is 0 Å². The summed E-state index contributed by atoms with van der Waals surface area (Å²) in [6.45, 7) is 5.59. The third-order valence-corrected chi connectivity index (χ3v) is 3.63. The van der Waals surface area contributed by atoms with E-state index in [1.807, 2.05) is 51.2 Å². The fourth-order valence-corrected chi connectivity index (χ4v) is 2.44. The molecule has 1 fully saturated rings. The monoisotopic (exact) mass is 272 g/mol. The Labute approximate surface area is 118 Å². The highest BCUT2D eigenvalue weighted by molar-refractivity contribution is 5.93. The van der Waals surface area contributed by atoms with Gasteiger partial charge in [0.15, 0.2) is 0 Å². The molecule has 1 saturated carbocycles. The van der Waals surface area contributed by atoms with Crippen LogP contribution in [0.1, 0.15) is 39.2 Å². The van der Waals surface area contributed by atoms with Crippen LogP contribution in [0.3, 0.4) is 0 Å². The van der Waals surface area contributed by atoms with E-state index in [4.69, 9.17) is 10.5 Å². The molecule has 2 N–H and O–H groups in total. The summed E-state index contributed by atoms with van der Waals surface area (Å²) in [6, 6.07) is 7.83. The van der Waals surface area contributed by atoms with Gasteiger partial charge in [0.05, 0.1) is 5.52 Å². The number of fused-ring (bicyclic) bond motifs is 1. The first kappa shape index (κ1) is 13.2. The molecule has 20 heavy (non-hydrogen) atoms. The fourth-order valence-electron chi connectivity index (χ4n) is 2.44. The number of para-hydroxylation sites is 1. The van der Waals surface area contributed by atoms with Crippen LogP contribution < -0.4 is 5.73 Å². The first-order chi connectivity index (χ1) is 9.30. The average molecular weight is 272 g/mol. The number of carbonyl (C=O) groups excluding carboxylic acids is 1. The molecule has 0 aliphatic heterocycles. The van der Waals surface area contributed by atoms with E-state index in [1.54, 1.807) is 4.57 Å². The number of hydrogen-bond acceptors (Lipinski definition) is 3. The molecule has 4 nitrogen and oxygen atoms in total. The van der Waals surface area contributed by atoms with E-state index in [9.17, 15) is 4.79 Å². The quantitative estimate of drug-likeness (QED) is 0.865. The lowest BCUT2D eigenvalue weighted by atomic mass is 10.1. The predicted octanol–water partition coefficient (Wildman–Crippen LogP) is 3.37. The lowest BCUT2D eigenvalue weighted by molar-refractivity contribution is 0.0544. The molecule has 1 aromatic carbocycles. The van der Waals surface area contributed by atoms with Crippen molar-refractivity contribution in [2.75, 3.05) is 0 Å². The van der Waals surface area contributed by atoms with Gasteiger partial charge >= 0.3 is 6.09 Å². The van der Waals surface area contributed by atoms with Gasteiger partial charge in [0, 0.05) is 17.1 Å². The van der Waals surface area contributed by atoms with Crippen molar-refractivity contribution in [3.63, 3.8) is 0 Å². The number of benzene rings is 1. The molecule has 0 bridgehead atoms. The second-order valence-electron chi connectivity index (χ2n) is 6.57. The third-order valence-electron chi connectivity index (χ3n) is 3.63. The van der Waals surface area contributed by atoms with Gasteiger partial charge in [-0.25, -0.2) is 4.79 Å². The van der Waals surface area contributed by atoms with E-state index in [0.717, 1.165) is 29.3 Å². The van der Waals surface area contributed by atoms with Gasteiger partial charge in [-0.05, 0) is 45.2 Å². The number of nitrogens with two attached hydrogens (primary N) is 1. The summed E-state index contributed by atoms with van der Waals surface area (Å²) < 4.78 is 7.03. The predicted molar refractivity (Wildman–Crippen MR) is 78.7 cm³/mol. The van der Waals surface area contributed by atoms with Crippen molar-refractivity contribution < 1.29 is 9.53 Å². The molecule has 0 amide bonds. The first-order valence-electron chi connectivity index (χ1n) is 6.93. The maximum Gasteiger partial charge on any atom is 0.419 e. The highest BCUT2D eigenvalue weighted by atomic mass is 16.6. The van der Waals surface area contributed by atoms with Crippen molar-refractivity contribution in [1.82, 2.24) is 4.57 Å². The van der Waals surface area contributed by atoms with Gasteiger partial charge in [-0.3, -0.25) is 4.57 Å². The van der Waals surface area contributed by atoms with Crippen molar-refractivity contribution in [1.29, 1.82) is 0 Å². The minimum Gasteiger partial charge on any atom is -0.443 e.